The number of para-hydroxylation sites is 2. The topological polar surface area (TPSA) is 12.0 Å². The largest absolute Gasteiger partial charge is 0.355 e. The SMILES string of the molecule is Cc1ccc(C2(c3ccc(C)s3)c3ccccc3Nc3ccccc32)s1. The summed E-state index contributed by atoms with van der Waals surface area (Å²) in [6.07, 6.45) is 0. The Kier molecular flexibility index (Phi) is 3.56. The molecule has 26 heavy (non-hydrogen) atoms. The van der Waals surface area contributed by atoms with E-state index >= 15 is 0 Å². The molecule has 0 bridgehead atoms. The molecule has 1 nitrogen and oxygen atoms in total. The molecule has 3 heteroatoms. The van der Waals surface area contributed by atoms with E-state index in [1.165, 1.54) is 42.0 Å². The molecule has 0 spiro atoms. The monoisotopic (exact) mass is 373 g/mol. The number of nitrogens with one attached hydrogen (secondary N) is 1. The van der Waals surface area contributed by atoms with Crippen LogP contribution in [0.3, 0.4) is 0 Å². The molecular weight excluding hydrogens is 354 g/mol. The maximum atomic E-state index is 3.66. The van der Waals surface area contributed by atoms with Crippen molar-refractivity contribution in [3.63, 3.8) is 0 Å². The summed E-state index contributed by atoms with van der Waals surface area (Å²) in [7, 11) is 0. The van der Waals surface area contributed by atoms with Gasteiger partial charge in [-0.05, 0) is 61.4 Å². The molecule has 0 amide bonds. The summed E-state index contributed by atoms with van der Waals surface area (Å²) < 4.78 is 0. The number of hydrogen-bond donors (Lipinski definition) is 1. The minimum absolute atomic E-state index is 0.254. The van der Waals surface area contributed by atoms with Gasteiger partial charge in [0.15, 0.2) is 0 Å². The van der Waals surface area contributed by atoms with Gasteiger partial charge in [-0.1, -0.05) is 36.4 Å². The number of fused-ring (bicyclic) bond motifs is 2. The third-order valence-electron chi connectivity index (χ3n) is 5.15. The van der Waals surface area contributed by atoms with Crippen molar-refractivity contribution in [1.82, 2.24) is 0 Å². The fourth-order valence-electron chi connectivity index (χ4n) is 4.05. The zero-order valence-electron chi connectivity index (χ0n) is 14.7. The Hall–Kier alpha value is -2.36. The maximum Gasteiger partial charge on any atom is 0.0927 e. The zero-order chi connectivity index (χ0) is 17.7. The summed E-state index contributed by atoms with van der Waals surface area (Å²) in [6, 6.07) is 26.6. The van der Waals surface area contributed by atoms with Crippen molar-refractivity contribution in [1.29, 1.82) is 0 Å². The predicted octanol–water partition coefficient (Wildman–Crippen LogP) is 6.87. The Labute approximate surface area is 162 Å². The van der Waals surface area contributed by atoms with Gasteiger partial charge in [-0.2, -0.15) is 0 Å². The van der Waals surface area contributed by atoms with E-state index < -0.39 is 0 Å². The lowest BCUT2D eigenvalue weighted by molar-refractivity contribution is 0.776. The second kappa shape index (κ2) is 5.83. The molecule has 0 radical (unpaired) electrons. The molecule has 0 unspecified atom stereocenters. The number of benzene rings is 2. The molecule has 5 rings (SSSR count). The lowest BCUT2D eigenvalue weighted by Gasteiger charge is -2.40. The molecule has 0 aliphatic carbocycles. The van der Waals surface area contributed by atoms with Crippen LogP contribution < -0.4 is 5.32 Å². The van der Waals surface area contributed by atoms with E-state index in [4.69, 9.17) is 0 Å². The van der Waals surface area contributed by atoms with Crippen LogP contribution in [0.15, 0.2) is 72.8 Å². The van der Waals surface area contributed by atoms with Gasteiger partial charge < -0.3 is 5.32 Å². The Bertz CT molecular complexity index is 1010. The molecule has 4 aromatic rings. The van der Waals surface area contributed by atoms with Gasteiger partial charge in [0, 0.05) is 30.9 Å². The lowest BCUT2D eigenvalue weighted by Crippen LogP contribution is -2.33. The molecule has 2 aromatic heterocycles. The smallest absolute Gasteiger partial charge is 0.0927 e. The highest BCUT2D eigenvalue weighted by molar-refractivity contribution is 7.14. The van der Waals surface area contributed by atoms with E-state index in [0.29, 0.717) is 0 Å². The molecule has 3 heterocycles. The third kappa shape index (κ3) is 2.14. The van der Waals surface area contributed by atoms with Crippen LogP contribution in [0.4, 0.5) is 11.4 Å². The third-order valence-corrected chi connectivity index (χ3v) is 7.39. The Balaban J connectivity index is 1.96. The van der Waals surface area contributed by atoms with E-state index in [1.807, 2.05) is 22.7 Å². The summed E-state index contributed by atoms with van der Waals surface area (Å²) in [5.74, 6) is 0. The summed E-state index contributed by atoms with van der Waals surface area (Å²) in [5, 5.41) is 3.66. The van der Waals surface area contributed by atoms with Crippen LogP contribution in [-0.4, -0.2) is 0 Å². The molecule has 1 aliphatic rings. The number of anilines is 2. The first-order valence-electron chi connectivity index (χ1n) is 8.79. The fraction of sp³-hybridized carbons (Fsp3) is 0.130. The molecule has 0 atom stereocenters. The Morgan fingerprint density at radius 1 is 0.615 bits per heavy atom. The van der Waals surface area contributed by atoms with E-state index in [1.54, 1.807) is 0 Å². The lowest BCUT2D eigenvalue weighted by atomic mass is 9.69. The summed E-state index contributed by atoms with van der Waals surface area (Å²) in [6.45, 7) is 4.39. The van der Waals surface area contributed by atoms with Crippen molar-refractivity contribution >= 4 is 34.0 Å². The van der Waals surface area contributed by atoms with E-state index in [0.717, 1.165) is 0 Å². The molecule has 0 fully saturated rings. The van der Waals surface area contributed by atoms with Gasteiger partial charge in [-0.3, -0.25) is 0 Å². The van der Waals surface area contributed by atoms with Crippen LogP contribution in [0.25, 0.3) is 0 Å². The Morgan fingerprint density at radius 3 is 1.50 bits per heavy atom. The molecule has 128 valence electrons. The van der Waals surface area contributed by atoms with Crippen LogP contribution in [0.1, 0.15) is 30.6 Å². The van der Waals surface area contributed by atoms with Gasteiger partial charge in [-0.25, -0.2) is 0 Å². The average Bonchev–Trinajstić information content (AvgIpc) is 3.28. The van der Waals surface area contributed by atoms with Crippen molar-refractivity contribution in [2.75, 3.05) is 5.32 Å². The summed E-state index contributed by atoms with van der Waals surface area (Å²) in [4.78, 5) is 5.47. The van der Waals surface area contributed by atoms with Gasteiger partial charge in [0.25, 0.3) is 0 Å². The molecular formula is C23H19NS2. The highest BCUT2D eigenvalue weighted by Crippen LogP contribution is 2.56. The normalized spacial score (nSPS) is 14.4. The number of thiophene rings is 2. The summed E-state index contributed by atoms with van der Waals surface area (Å²) >= 11 is 3.81. The van der Waals surface area contributed by atoms with Gasteiger partial charge >= 0.3 is 0 Å². The highest BCUT2D eigenvalue weighted by Gasteiger charge is 2.45. The Morgan fingerprint density at radius 2 is 1.08 bits per heavy atom. The minimum Gasteiger partial charge on any atom is -0.355 e. The van der Waals surface area contributed by atoms with Gasteiger partial charge in [0.05, 0.1) is 5.41 Å². The van der Waals surface area contributed by atoms with E-state index in [2.05, 4.69) is 92.0 Å². The van der Waals surface area contributed by atoms with Crippen LogP contribution in [0.2, 0.25) is 0 Å². The van der Waals surface area contributed by atoms with Crippen LogP contribution >= 0.6 is 22.7 Å². The van der Waals surface area contributed by atoms with Crippen LogP contribution in [-0.2, 0) is 5.41 Å². The van der Waals surface area contributed by atoms with Gasteiger partial charge in [0.2, 0.25) is 0 Å². The van der Waals surface area contributed by atoms with Gasteiger partial charge in [-0.15, -0.1) is 22.7 Å². The molecule has 1 aliphatic heterocycles. The standard InChI is InChI=1S/C23H19NS2/c1-15-11-13-21(25-15)23(22-14-12-16(2)26-22)17-7-3-5-9-19(17)24-20-10-6-4-8-18(20)23/h3-14,24H,1-2H3. The molecule has 0 saturated heterocycles. The fourth-order valence-corrected chi connectivity index (χ4v) is 6.32. The maximum absolute atomic E-state index is 3.66. The number of rotatable bonds is 2. The van der Waals surface area contributed by atoms with Crippen molar-refractivity contribution in [2.24, 2.45) is 0 Å². The van der Waals surface area contributed by atoms with Crippen molar-refractivity contribution < 1.29 is 0 Å². The average molecular weight is 374 g/mol. The number of hydrogen-bond acceptors (Lipinski definition) is 3. The molecule has 2 aromatic carbocycles. The molecule has 1 N–H and O–H groups in total. The zero-order valence-corrected chi connectivity index (χ0v) is 16.4. The second-order valence-electron chi connectivity index (χ2n) is 6.79. The first kappa shape index (κ1) is 15.9. The van der Waals surface area contributed by atoms with Crippen LogP contribution in [0.5, 0.6) is 0 Å². The van der Waals surface area contributed by atoms with Crippen LogP contribution in [0, 0.1) is 13.8 Å². The van der Waals surface area contributed by atoms with E-state index in [-0.39, 0.29) is 5.41 Å². The van der Waals surface area contributed by atoms with Crippen molar-refractivity contribution in [2.45, 2.75) is 19.3 Å². The minimum atomic E-state index is -0.254. The number of aryl methyl sites for hydroxylation is 2. The highest BCUT2D eigenvalue weighted by atomic mass is 32.1. The first-order valence-corrected chi connectivity index (χ1v) is 10.4. The first-order chi connectivity index (χ1) is 12.7. The van der Waals surface area contributed by atoms with Crippen molar-refractivity contribution in [3.05, 3.63) is 103 Å². The predicted molar refractivity (Wildman–Crippen MR) is 113 cm³/mol. The second-order valence-corrected chi connectivity index (χ2v) is 9.36. The quantitative estimate of drug-likeness (QED) is 0.356. The van der Waals surface area contributed by atoms with Crippen molar-refractivity contribution in [3.8, 4) is 0 Å². The molecule has 0 saturated carbocycles. The summed E-state index contributed by atoms with van der Waals surface area (Å²) in [5.41, 5.74) is 4.81. The van der Waals surface area contributed by atoms with E-state index in [9.17, 15) is 0 Å². The van der Waals surface area contributed by atoms with Gasteiger partial charge in [0.1, 0.15) is 0 Å².